The van der Waals surface area contributed by atoms with Crippen LogP contribution >= 0.6 is 11.6 Å². The fourth-order valence-corrected chi connectivity index (χ4v) is 1.96. The van der Waals surface area contributed by atoms with Gasteiger partial charge in [-0.3, -0.25) is 0 Å². The van der Waals surface area contributed by atoms with Crippen molar-refractivity contribution in [1.82, 2.24) is 4.98 Å². The SMILES string of the molecule is Cc1cc(F)c2nc(C)c(C)c(Cl)c2c1F. The van der Waals surface area contributed by atoms with Crippen LogP contribution in [0.5, 0.6) is 0 Å². The molecule has 0 saturated heterocycles. The zero-order chi connectivity index (χ0) is 12.0. The smallest absolute Gasteiger partial charge is 0.149 e. The minimum atomic E-state index is -0.543. The molecule has 16 heavy (non-hydrogen) atoms. The lowest BCUT2D eigenvalue weighted by molar-refractivity contribution is 0.607. The van der Waals surface area contributed by atoms with Crippen molar-refractivity contribution in [3.63, 3.8) is 0 Å². The molecule has 0 amide bonds. The van der Waals surface area contributed by atoms with Gasteiger partial charge >= 0.3 is 0 Å². The summed E-state index contributed by atoms with van der Waals surface area (Å²) in [5, 5.41) is 0.310. The van der Waals surface area contributed by atoms with Crippen LogP contribution in [0.3, 0.4) is 0 Å². The lowest BCUT2D eigenvalue weighted by Crippen LogP contribution is -1.97. The minimum absolute atomic E-state index is 0.00352. The molecule has 0 unspecified atom stereocenters. The highest BCUT2D eigenvalue weighted by Crippen LogP contribution is 2.32. The molecule has 0 N–H and O–H groups in total. The van der Waals surface area contributed by atoms with Gasteiger partial charge in [0, 0.05) is 5.69 Å². The number of hydrogen-bond acceptors (Lipinski definition) is 1. The maximum atomic E-state index is 13.9. The van der Waals surface area contributed by atoms with Gasteiger partial charge in [0.05, 0.1) is 10.4 Å². The van der Waals surface area contributed by atoms with E-state index in [4.69, 9.17) is 11.6 Å². The van der Waals surface area contributed by atoms with E-state index in [1.54, 1.807) is 13.8 Å². The van der Waals surface area contributed by atoms with Crippen LogP contribution in [0.15, 0.2) is 6.07 Å². The molecule has 0 saturated carbocycles. The number of aryl methyl sites for hydroxylation is 2. The number of pyridine rings is 1. The Bertz CT molecular complexity index is 594. The zero-order valence-corrected chi connectivity index (χ0v) is 9.91. The van der Waals surface area contributed by atoms with Gasteiger partial charge in [0.15, 0.2) is 0 Å². The third-order valence-electron chi connectivity index (χ3n) is 2.74. The molecule has 0 fully saturated rings. The van der Waals surface area contributed by atoms with Crippen molar-refractivity contribution >= 4 is 22.5 Å². The maximum Gasteiger partial charge on any atom is 0.149 e. The molecule has 0 atom stereocenters. The first-order valence-electron chi connectivity index (χ1n) is 4.84. The zero-order valence-electron chi connectivity index (χ0n) is 9.16. The largest absolute Gasteiger partial charge is 0.250 e. The molecule has 1 nitrogen and oxygen atoms in total. The number of aromatic nitrogens is 1. The van der Waals surface area contributed by atoms with E-state index in [9.17, 15) is 8.78 Å². The van der Waals surface area contributed by atoms with Gasteiger partial charge in [-0.25, -0.2) is 13.8 Å². The van der Waals surface area contributed by atoms with Gasteiger partial charge in [0.2, 0.25) is 0 Å². The summed E-state index contributed by atoms with van der Waals surface area (Å²) >= 11 is 6.03. The minimum Gasteiger partial charge on any atom is -0.250 e. The van der Waals surface area contributed by atoms with Crippen LogP contribution in [0.25, 0.3) is 10.9 Å². The van der Waals surface area contributed by atoms with Gasteiger partial charge in [-0.05, 0) is 38.0 Å². The van der Waals surface area contributed by atoms with Crippen LogP contribution in [0.2, 0.25) is 5.02 Å². The highest BCUT2D eigenvalue weighted by Gasteiger charge is 2.16. The fraction of sp³-hybridized carbons (Fsp3) is 0.250. The van der Waals surface area contributed by atoms with Gasteiger partial charge < -0.3 is 0 Å². The number of benzene rings is 1. The lowest BCUT2D eigenvalue weighted by atomic mass is 10.1. The van der Waals surface area contributed by atoms with E-state index in [0.717, 1.165) is 6.07 Å². The topological polar surface area (TPSA) is 12.9 Å². The van der Waals surface area contributed by atoms with E-state index in [1.165, 1.54) is 6.92 Å². The Hall–Kier alpha value is -1.22. The van der Waals surface area contributed by atoms with E-state index < -0.39 is 11.6 Å². The molecule has 1 aromatic heterocycles. The Labute approximate surface area is 97.1 Å². The monoisotopic (exact) mass is 241 g/mol. The molecule has 84 valence electrons. The molecule has 0 bridgehead atoms. The van der Waals surface area contributed by atoms with Gasteiger partial charge in [-0.2, -0.15) is 0 Å². The second-order valence-electron chi connectivity index (χ2n) is 3.85. The Kier molecular flexibility index (Phi) is 2.58. The third kappa shape index (κ3) is 1.47. The van der Waals surface area contributed by atoms with Crippen LogP contribution in [0.1, 0.15) is 16.8 Å². The van der Waals surface area contributed by atoms with E-state index in [0.29, 0.717) is 11.3 Å². The van der Waals surface area contributed by atoms with Crippen LogP contribution < -0.4 is 0 Å². The highest BCUT2D eigenvalue weighted by molar-refractivity contribution is 6.36. The fourth-order valence-electron chi connectivity index (χ4n) is 1.65. The maximum absolute atomic E-state index is 13.9. The van der Waals surface area contributed by atoms with E-state index >= 15 is 0 Å². The summed E-state index contributed by atoms with van der Waals surface area (Å²) in [6.45, 7) is 4.96. The van der Waals surface area contributed by atoms with Crippen LogP contribution in [0.4, 0.5) is 8.78 Å². The van der Waals surface area contributed by atoms with Gasteiger partial charge in [0.25, 0.3) is 0 Å². The summed E-state index contributed by atoms with van der Waals surface area (Å²) in [5.41, 5.74) is 1.52. The molecule has 2 aromatic rings. The average Bonchev–Trinajstić information content (AvgIpc) is 2.22. The summed E-state index contributed by atoms with van der Waals surface area (Å²) in [7, 11) is 0. The predicted molar refractivity (Wildman–Crippen MR) is 60.9 cm³/mol. The standard InChI is InChI=1S/C12H10ClF2N/c1-5-4-8(14)12-9(11(5)15)10(13)6(2)7(3)16-12/h4H,1-3H3. The second kappa shape index (κ2) is 3.67. The predicted octanol–water partition coefficient (Wildman–Crippen LogP) is 4.09. The lowest BCUT2D eigenvalue weighted by Gasteiger charge is -2.10. The van der Waals surface area contributed by atoms with E-state index in [2.05, 4.69) is 4.98 Å². The molecule has 1 aromatic carbocycles. The normalized spacial score (nSPS) is 11.1. The summed E-state index contributed by atoms with van der Waals surface area (Å²) in [6, 6.07) is 1.13. The number of halogens is 3. The van der Waals surface area contributed by atoms with Gasteiger partial charge in [-0.15, -0.1) is 0 Å². The number of nitrogens with zero attached hydrogens (tertiary/aromatic N) is 1. The van der Waals surface area contributed by atoms with Crippen molar-refractivity contribution in [3.8, 4) is 0 Å². The van der Waals surface area contributed by atoms with E-state index in [-0.39, 0.29) is 21.5 Å². The molecule has 0 radical (unpaired) electrons. The van der Waals surface area contributed by atoms with Gasteiger partial charge in [0.1, 0.15) is 17.2 Å². The van der Waals surface area contributed by atoms with Gasteiger partial charge in [-0.1, -0.05) is 11.6 Å². The molecule has 2 rings (SSSR count). The van der Waals surface area contributed by atoms with Crippen LogP contribution in [0, 0.1) is 32.4 Å². The molecule has 0 aliphatic heterocycles. The first-order chi connectivity index (χ1) is 7.43. The molecular weight excluding hydrogens is 232 g/mol. The first kappa shape index (κ1) is 11.3. The van der Waals surface area contributed by atoms with Crippen molar-refractivity contribution in [3.05, 3.63) is 39.5 Å². The third-order valence-corrected chi connectivity index (χ3v) is 3.22. The molecular formula is C12H10ClF2N. The summed E-state index contributed by atoms with van der Waals surface area (Å²) in [6.07, 6.45) is 0. The van der Waals surface area contributed by atoms with Crippen molar-refractivity contribution in [2.75, 3.05) is 0 Å². The van der Waals surface area contributed by atoms with Crippen molar-refractivity contribution < 1.29 is 8.78 Å². The second-order valence-corrected chi connectivity index (χ2v) is 4.23. The summed E-state index contributed by atoms with van der Waals surface area (Å²) < 4.78 is 27.5. The van der Waals surface area contributed by atoms with Crippen LogP contribution in [-0.4, -0.2) is 4.98 Å². The quantitative estimate of drug-likeness (QED) is 0.677. The Balaban J connectivity index is 3.07. The Morgan fingerprint density at radius 1 is 1.19 bits per heavy atom. The Morgan fingerprint density at radius 2 is 1.81 bits per heavy atom. The Morgan fingerprint density at radius 3 is 2.44 bits per heavy atom. The number of rotatable bonds is 0. The van der Waals surface area contributed by atoms with Crippen LogP contribution in [-0.2, 0) is 0 Å². The molecule has 1 heterocycles. The van der Waals surface area contributed by atoms with Crippen molar-refractivity contribution in [2.45, 2.75) is 20.8 Å². The summed E-state index contributed by atoms with van der Waals surface area (Å²) in [5.74, 6) is -1.05. The van der Waals surface area contributed by atoms with Crippen molar-refractivity contribution in [1.29, 1.82) is 0 Å². The number of fused-ring (bicyclic) bond motifs is 1. The number of hydrogen-bond donors (Lipinski definition) is 0. The molecule has 0 spiro atoms. The molecule has 0 aliphatic carbocycles. The molecule has 4 heteroatoms. The van der Waals surface area contributed by atoms with E-state index in [1.807, 2.05) is 0 Å². The first-order valence-corrected chi connectivity index (χ1v) is 5.22. The van der Waals surface area contributed by atoms with Crippen molar-refractivity contribution in [2.24, 2.45) is 0 Å². The summed E-state index contributed by atoms with van der Waals surface area (Å²) in [4.78, 5) is 4.04. The molecule has 0 aliphatic rings. The average molecular weight is 242 g/mol. The highest BCUT2D eigenvalue weighted by atomic mass is 35.5.